The van der Waals surface area contributed by atoms with Crippen LogP contribution in [0.3, 0.4) is 0 Å². The highest BCUT2D eigenvalue weighted by Gasteiger charge is 2.29. The van der Waals surface area contributed by atoms with Crippen LogP contribution in [0.25, 0.3) is 11.4 Å². The molecule has 31 heavy (non-hydrogen) atoms. The van der Waals surface area contributed by atoms with E-state index in [-0.39, 0.29) is 18.2 Å². The zero-order chi connectivity index (χ0) is 21.5. The van der Waals surface area contributed by atoms with Crippen molar-refractivity contribution >= 4 is 40.6 Å². The minimum Gasteiger partial charge on any atom is -0.507 e. The molecule has 3 aromatic carbocycles. The van der Waals surface area contributed by atoms with Gasteiger partial charge in [0.15, 0.2) is 5.82 Å². The Morgan fingerprint density at radius 2 is 1.77 bits per heavy atom. The van der Waals surface area contributed by atoms with Gasteiger partial charge in [0.2, 0.25) is 0 Å². The van der Waals surface area contributed by atoms with E-state index in [1.54, 1.807) is 58.6 Å². The number of aryl methyl sites for hydroxylation is 1. The Morgan fingerprint density at radius 3 is 2.61 bits per heavy atom. The van der Waals surface area contributed by atoms with Crippen molar-refractivity contribution in [3.05, 3.63) is 77.6 Å². The molecule has 2 heterocycles. The van der Waals surface area contributed by atoms with Gasteiger partial charge in [0.25, 0.3) is 5.91 Å². The van der Waals surface area contributed by atoms with Crippen LogP contribution in [0.2, 0.25) is 5.02 Å². The number of carbonyl (C=O) groups excluding carboxylic acids is 1. The minimum atomic E-state index is -0.159. The maximum absolute atomic E-state index is 13.5. The van der Waals surface area contributed by atoms with E-state index in [2.05, 4.69) is 10.1 Å². The van der Waals surface area contributed by atoms with E-state index in [1.807, 2.05) is 36.4 Å². The molecule has 6 nitrogen and oxygen atoms in total. The van der Waals surface area contributed by atoms with Crippen molar-refractivity contribution in [1.29, 1.82) is 0 Å². The van der Waals surface area contributed by atoms with Gasteiger partial charge in [-0.1, -0.05) is 47.6 Å². The summed E-state index contributed by atoms with van der Waals surface area (Å²) in [5.41, 5.74) is 2.08. The number of halogens is 1. The van der Waals surface area contributed by atoms with Gasteiger partial charge >= 0.3 is 0 Å². The number of para-hydroxylation sites is 2. The first kappa shape index (κ1) is 19.7. The van der Waals surface area contributed by atoms with Crippen LogP contribution in [0, 0.1) is 6.92 Å². The first-order chi connectivity index (χ1) is 15.0. The fourth-order valence-electron chi connectivity index (χ4n) is 3.54. The summed E-state index contributed by atoms with van der Waals surface area (Å²) in [5, 5.41) is 15.2. The Morgan fingerprint density at radius 1 is 1.03 bits per heavy atom. The molecule has 5 rings (SSSR count). The SMILES string of the molecule is Cc1nc(-c2ccccc2O)nn1CC(=O)N1c2ccccc2Sc2ccc(Cl)cc21. The third-order valence-corrected chi connectivity index (χ3v) is 6.39. The molecule has 8 heteroatoms. The van der Waals surface area contributed by atoms with Crippen molar-refractivity contribution in [3.8, 4) is 17.1 Å². The van der Waals surface area contributed by atoms with Crippen LogP contribution in [0.15, 0.2) is 76.5 Å². The highest BCUT2D eigenvalue weighted by molar-refractivity contribution is 7.99. The molecule has 0 saturated heterocycles. The Labute approximate surface area is 188 Å². The monoisotopic (exact) mass is 448 g/mol. The van der Waals surface area contributed by atoms with E-state index >= 15 is 0 Å². The number of anilines is 2. The van der Waals surface area contributed by atoms with Gasteiger partial charge in [-0.3, -0.25) is 9.69 Å². The van der Waals surface area contributed by atoms with E-state index in [0.29, 0.717) is 22.2 Å². The minimum absolute atomic E-state index is 0.00260. The maximum Gasteiger partial charge on any atom is 0.253 e. The zero-order valence-corrected chi connectivity index (χ0v) is 18.1. The van der Waals surface area contributed by atoms with Gasteiger partial charge in [0, 0.05) is 14.8 Å². The largest absolute Gasteiger partial charge is 0.507 e. The van der Waals surface area contributed by atoms with Crippen LogP contribution in [0.5, 0.6) is 5.75 Å². The molecule has 1 N–H and O–H groups in total. The number of hydrogen-bond donors (Lipinski definition) is 1. The summed E-state index contributed by atoms with van der Waals surface area (Å²) in [7, 11) is 0. The molecule has 0 atom stereocenters. The van der Waals surface area contributed by atoms with Crippen LogP contribution in [0.1, 0.15) is 5.82 Å². The van der Waals surface area contributed by atoms with Gasteiger partial charge in [-0.15, -0.1) is 0 Å². The smallest absolute Gasteiger partial charge is 0.253 e. The number of amides is 1. The van der Waals surface area contributed by atoms with Crippen molar-refractivity contribution < 1.29 is 9.90 Å². The van der Waals surface area contributed by atoms with Gasteiger partial charge < -0.3 is 5.11 Å². The van der Waals surface area contributed by atoms with Crippen molar-refractivity contribution in [1.82, 2.24) is 14.8 Å². The van der Waals surface area contributed by atoms with Crippen molar-refractivity contribution in [2.24, 2.45) is 0 Å². The van der Waals surface area contributed by atoms with Gasteiger partial charge in [0.1, 0.15) is 18.1 Å². The molecule has 1 aliphatic heterocycles. The van der Waals surface area contributed by atoms with Crippen LogP contribution in [-0.2, 0) is 11.3 Å². The van der Waals surface area contributed by atoms with Crippen LogP contribution in [0.4, 0.5) is 11.4 Å². The van der Waals surface area contributed by atoms with Gasteiger partial charge in [-0.25, -0.2) is 9.67 Å². The molecule has 0 aliphatic carbocycles. The van der Waals surface area contributed by atoms with Crippen molar-refractivity contribution in [2.75, 3.05) is 4.90 Å². The highest BCUT2D eigenvalue weighted by atomic mass is 35.5. The number of phenolic OH excluding ortho intramolecular Hbond substituents is 1. The molecule has 1 amide bonds. The molecule has 0 bridgehead atoms. The van der Waals surface area contributed by atoms with E-state index < -0.39 is 0 Å². The van der Waals surface area contributed by atoms with Gasteiger partial charge in [0.05, 0.1) is 16.9 Å². The Hall–Kier alpha value is -3.29. The Bertz CT molecular complexity index is 1320. The normalized spacial score (nSPS) is 12.4. The summed E-state index contributed by atoms with van der Waals surface area (Å²) in [6.45, 7) is 1.78. The molecule has 0 spiro atoms. The molecule has 154 valence electrons. The van der Waals surface area contributed by atoms with E-state index in [4.69, 9.17) is 11.6 Å². The number of benzene rings is 3. The highest BCUT2D eigenvalue weighted by Crippen LogP contribution is 2.48. The second kappa shape index (κ2) is 7.76. The Balaban J connectivity index is 1.52. The number of nitrogens with zero attached hydrogens (tertiary/aromatic N) is 4. The molecule has 0 saturated carbocycles. The second-order valence-corrected chi connectivity index (χ2v) is 8.59. The third kappa shape index (κ3) is 3.56. The van der Waals surface area contributed by atoms with E-state index in [9.17, 15) is 9.90 Å². The quantitative estimate of drug-likeness (QED) is 0.451. The number of fused-ring (bicyclic) bond motifs is 2. The Kier molecular flexibility index (Phi) is 4.92. The molecule has 0 unspecified atom stereocenters. The van der Waals surface area contributed by atoms with E-state index in [1.165, 1.54) is 0 Å². The fraction of sp³-hybridized carbons (Fsp3) is 0.0870. The molecule has 1 aliphatic rings. The summed E-state index contributed by atoms with van der Waals surface area (Å²) in [6.07, 6.45) is 0. The zero-order valence-electron chi connectivity index (χ0n) is 16.5. The lowest BCUT2D eigenvalue weighted by Gasteiger charge is -2.31. The number of aromatic nitrogens is 3. The lowest BCUT2D eigenvalue weighted by Crippen LogP contribution is -2.32. The molecule has 0 fully saturated rings. The summed E-state index contributed by atoms with van der Waals surface area (Å²) in [4.78, 5) is 21.6. The average molecular weight is 449 g/mol. The number of carbonyl (C=O) groups is 1. The lowest BCUT2D eigenvalue weighted by molar-refractivity contribution is -0.118. The van der Waals surface area contributed by atoms with Crippen LogP contribution < -0.4 is 4.90 Å². The number of aromatic hydroxyl groups is 1. The summed E-state index contributed by atoms with van der Waals surface area (Å²) in [6, 6.07) is 20.2. The van der Waals surface area contributed by atoms with Crippen LogP contribution >= 0.6 is 23.4 Å². The topological polar surface area (TPSA) is 71.2 Å². The number of rotatable bonds is 3. The van der Waals surface area contributed by atoms with Crippen LogP contribution in [-0.4, -0.2) is 25.8 Å². The maximum atomic E-state index is 13.5. The first-order valence-corrected chi connectivity index (χ1v) is 10.8. The van der Waals surface area contributed by atoms with Gasteiger partial charge in [-0.2, -0.15) is 5.10 Å². The predicted octanol–water partition coefficient (Wildman–Crippen LogP) is 5.44. The third-order valence-electron chi connectivity index (χ3n) is 5.02. The summed E-state index contributed by atoms with van der Waals surface area (Å²) < 4.78 is 1.55. The molecular weight excluding hydrogens is 432 g/mol. The molecule has 1 aromatic heterocycles. The molecular formula is C23H17ClN4O2S. The number of hydrogen-bond acceptors (Lipinski definition) is 5. The van der Waals surface area contributed by atoms with Gasteiger partial charge in [-0.05, 0) is 49.4 Å². The predicted molar refractivity (Wildman–Crippen MR) is 121 cm³/mol. The average Bonchev–Trinajstić information content (AvgIpc) is 3.12. The van der Waals surface area contributed by atoms with E-state index in [0.717, 1.165) is 21.2 Å². The number of phenols is 1. The van der Waals surface area contributed by atoms with Crippen molar-refractivity contribution in [3.63, 3.8) is 0 Å². The standard InChI is InChI=1S/C23H17ClN4O2S/c1-14-25-23(16-6-2-4-8-19(16)29)26-27(14)13-22(30)28-17-7-3-5-9-20(17)31-21-11-10-15(24)12-18(21)28/h2-12,29H,13H2,1H3. The summed E-state index contributed by atoms with van der Waals surface area (Å²) >= 11 is 7.86. The summed E-state index contributed by atoms with van der Waals surface area (Å²) in [5.74, 6) is 0.892. The molecule has 4 aromatic rings. The van der Waals surface area contributed by atoms with Crippen molar-refractivity contribution in [2.45, 2.75) is 23.3 Å². The first-order valence-electron chi connectivity index (χ1n) is 9.60. The fourth-order valence-corrected chi connectivity index (χ4v) is 4.75. The lowest BCUT2D eigenvalue weighted by atomic mass is 10.2. The second-order valence-electron chi connectivity index (χ2n) is 7.07. The molecule has 0 radical (unpaired) electrons.